The molecule has 10 heteroatoms. The number of carbonyl (C=O) groups is 1. The highest BCUT2D eigenvalue weighted by atomic mass is 32.2. The van der Waals surface area contributed by atoms with Crippen molar-refractivity contribution >= 4 is 27.0 Å². The predicted molar refractivity (Wildman–Crippen MR) is 133 cm³/mol. The lowest BCUT2D eigenvalue weighted by molar-refractivity contribution is 0.0697. The summed E-state index contributed by atoms with van der Waals surface area (Å²) < 4.78 is 35.3. The summed E-state index contributed by atoms with van der Waals surface area (Å²) in [7, 11) is -2.08. The molecule has 1 saturated heterocycles. The molecule has 0 unspecified atom stereocenters. The van der Waals surface area contributed by atoms with Gasteiger partial charge in [0.05, 0.1) is 12.7 Å². The molecule has 0 saturated carbocycles. The number of amides is 1. The molecule has 35 heavy (non-hydrogen) atoms. The Hall–Kier alpha value is -3.63. The zero-order valence-corrected chi connectivity index (χ0v) is 20.7. The second-order valence-corrected chi connectivity index (χ2v) is 10.5. The van der Waals surface area contributed by atoms with Gasteiger partial charge in [-0.2, -0.15) is 4.31 Å². The number of hydrogen-bond donors (Lipinski definition) is 1. The van der Waals surface area contributed by atoms with Gasteiger partial charge in [-0.25, -0.2) is 13.4 Å². The summed E-state index contributed by atoms with van der Waals surface area (Å²) in [5, 5.41) is 0.567. The number of aryl methyl sites for hydroxylation is 1. The first-order chi connectivity index (χ1) is 16.8. The summed E-state index contributed by atoms with van der Waals surface area (Å²) in [6.45, 7) is 5.01. The highest BCUT2D eigenvalue weighted by Gasteiger charge is 2.33. The summed E-state index contributed by atoms with van der Waals surface area (Å²) in [6, 6.07) is 13.0. The quantitative estimate of drug-likeness (QED) is 0.460. The van der Waals surface area contributed by atoms with E-state index in [1.54, 1.807) is 30.3 Å². The van der Waals surface area contributed by atoms with E-state index >= 15 is 0 Å². The Morgan fingerprint density at radius 3 is 2.46 bits per heavy atom. The van der Waals surface area contributed by atoms with Crippen LogP contribution in [-0.4, -0.2) is 71.4 Å². The number of benzene rings is 1. The minimum atomic E-state index is -3.70. The third kappa shape index (κ3) is 3.98. The van der Waals surface area contributed by atoms with Crippen molar-refractivity contribution in [1.29, 1.82) is 0 Å². The Morgan fingerprint density at radius 1 is 1.06 bits per heavy atom. The number of aromatic amines is 1. The smallest absolute Gasteiger partial charge is 0.255 e. The van der Waals surface area contributed by atoms with E-state index in [1.807, 2.05) is 48.7 Å². The van der Waals surface area contributed by atoms with Gasteiger partial charge in [-0.15, -0.1) is 0 Å². The highest BCUT2D eigenvalue weighted by molar-refractivity contribution is 7.89. The Bertz CT molecular complexity index is 1500. The third-order valence-electron chi connectivity index (χ3n) is 6.55. The number of piperazine rings is 1. The molecule has 1 amide bonds. The molecule has 1 N–H and O–H groups in total. The minimum absolute atomic E-state index is 0.0915. The molecule has 9 nitrogen and oxygen atoms in total. The molecular weight excluding hydrogens is 466 g/mol. The monoisotopic (exact) mass is 493 g/mol. The standard InChI is InChI=1S/C25H27N5O4S/c1-17-15-22(18(2)30(17)19-6-8-20(34-3)9-7-19)25(31)28-11-13-29(14-12-28)35(32,33)23-16-27-24-21(23)5-4-10-26-24/h4-10,15-16H,11-14H2,1-3H3,(H,26,27). The van der Waals surface area contributed by atoms with E-state index in [9.17, 15) is 13.2 Å². The number of nitrogens with one attached hydrogen (secondary N) is 1. The topological polar surface area (TPSA) is 101 Å². The first-order valence-corrected chi connectivity index (χ1v) is 12.8. The lowest BCUT2D eigenvalue weighted by Crippen LogP contribution is -2.50. The van der Waals surface area contributed by atoms with Crippen molar-refractivity contribution in [2.75, 3.05) is 33.3 Å². The van der Waals surface area contributed by atoms with Gasteiger partial charge in [0, 0.05) is 61.0 Å². The first kappa shape index (κ1) is 23.1. The zero-order valence-electron chi connectivity index (χ0n) is 19.9. The number of hydrogen-bond acceptors (Lipinski definition) is 5. The lowest BCUT2D eigenvalue weighted by atomic mass is 10.2. The number of nitrogens with zero attached hydrogens (tertiary/aromatic N) is 4. The number of fused-ring (bicyclic) bond motifs is 1. The van der Waals surface area contributed by atoms with Gasteiger partial charge in [0.1, 0.15) is 16.3 Å². The molecule has 182 valence electrons. The second-order valence-electron chi connectivity index (χ2n) is 8.57. The maximum Gasteiger partial charge on any atom is 0.255 e. The van der Waals surface area contributed by atoms with Crippen LogP contribution in [0.1, 0.15) is 21.7 Å². The van der Waals surface area contributed by atoms with Crippen molar-refractivity contribution in [3.8, 4) is 11.4 Å². The Balaban J connectivity index is 1.33. The number of rotatable bonds is 5. The number of pyridine rings is 1. The van der Waals surface area contributed by atoms with Crippen molar-refractivity contribution in [3.05, 3.63) is 71.8 Å². The van der Waals surface area contributed by atoms with Gasteiger partial charge in [0.15, 0.2) is 0 Å². The van der Waals surface area contributed by atoms with Crippen LogP contribution in [-0.2, 0) is 10.0 Å². The molecule has 1 aliphatic rings. The van der Waals surface area contributed by atoms with E-state index in [-0.39, 0.29) is 23.9 Å². The number of methoxy groups -OCH3 is 1. The van der Waals surface area contributed by atoms with Crippen LogP contribution in [0.5, 0.6) is 5.75 Å². The number of sulfonamides is 1. The number of carbonyl (C=O) groups excluding carboxylic acids is 1. The van der Waals surface area contributed by atoms with E-state index in [4.69, 9.17) is 4.74 Å². The van der Waals surface area contributed by atoms with Crippen LogP contribution >= 0.6 is 0 Å². The molecule has 5 rings (SSSR count). The van der Waals surface area contributed by atoms with E-state index in [0.717, 1.165) is 22.8 Å². The Morgan fingerprint density at radius 2 is 1.77 bits per heavy atom. The van der Waals surface area contributed by atoms with Crippen LogP contribution < -0.4 is 4.74 Å². The molecule has 0 bridgehead atoms. The van der Waals surface area contributed by atoms with Gasteiger partial charge >= 0.3 is 0 Å². The fourth-order valence-corrected chi connectivity index (χ4v) is 6.27. The van der Waals surface area contributed by atoms with Crippen LogP contribution in [0.25, 0.3) is 16.7 Å². The lowest BCUT2D eigenvalue weighted by Gasteiger charge is -2.34. The van der Waals surface area contributed by atoms with Crippen molar-refractivity contribution < 1.29 is 17.9 Å². The average Bonchev–Trinajstić information content (AvgIpc) is 3.45. The summed E-state index contributed by atoms with van der Waals surface area (Å²) in [5.74, 6) is 0.676. The summed E-state index contributed by atoms with van der Waals surface area (Å²) in [4.78, 5) is 22.4. The van der Waals surface area contributed by atoms with Crippen molar-refractivity contribution in [2.24, 2.45) is 0 Å². The van der Waals surface area contributed by atoms with Gasteiger partial charge in [-0.3, -0.25) is 4.79 Å². The van der Waals surface area contributed by atoms with Gasteiger partial charge in [0.2, 0.25) is 10.0 Å². The molecule has 3 aromatic heterocycles. The number of H-pyrrole nitrogens is 1. The average molecular weight is 494 g/mol. The first-order valence-electron chi connectivity index (χ1n) is 11.4. The van der Waals surface area contributed by atoms with Crippen molar-refractivity contribution in [2.45, 2.75) is 18.7 Å². The van der Waals surface area contributed by atoms with E-state index in [2.05, 4.69) is 9.97 Å². The molecule has 0 radical (unpaired) electrons. The molecule has 1 fully saturated rings. The predicted octanol–water partition coefficient (Wildman–Crippen LogP) is 3.13. The van der Waals surface area contributed by atoms with E-state index < -0.39 is 10.0 Å². The van der Waals surface area contributed by atoms with Crippen molar-refractivity contribution in [1.82, 2.24) is 23.7 Å². The zero-order chi connectivity index (χ0) is 24.7. The van der Waals surface area contributed by atoms with Crippen molar-refractivity contribution in [3.63, 3.8) is 0 Å². The van der Waals surface area contributed by atoms with Crippen LogP contribution in [0, 0.1) is 13.8 Å². The van der Waals surface area contributed by atoms with Gasteiger partial charge in [0.25, 0.3) is 5.91 Å². The van der Waals surface area contributed by atoms with Crippen LogP contribution in [0.3, 0.4) is 0 Å². The largest absolute Gasteiger partial charge is 0.497 e. The van der Waals surface area contributed by atoms with Crippen LogP contribution in [0.15, 0.2) is 59.8 Å². The highest BCUT2D eigenvalue weighted by Crippen LogP contribution is 2.27. The van der Waals surface area contributed by atoms with Gasteiger partial charge in [-0.1, -0.05) is 0 Å². The van der Waals surface area contributed by atoms with E-state index in [0.29, 0.717) is 29.7 Å². The van der Waals surface area contributed by atoms with Gasteiger partial charge in [-0.05, 0) is 56.3 Å². The van der Waals surface area contributed by atoms with Crippen LogP contribution in [0.2, 0.25) is 0 Å². The SMILES string of the molecule is COc1ccc(-n2c(C)cc(C(=O)N3CCN(S(=O)(=O)c4c[nH]c5ncccc45)CC3)c2C)cc1. The maximum atomic E-state index is 13.4. The molecule has 0 spiro atoms. The fourth-order valence-electron chi connectivity index (χ4n) is 4.69. The molecule has 4 heterocycles. The Kier molecular flexibility index (Phi) is 5.86. The maximum absolute atomic E-state index is 13.4. The fraction of sp³-hybridized carbons (Fsp3) is 0.280. The molecule has 1 aliphatic heterocycles. The molecule has 4 aromatic rings. The van der Waals surface area contributed by atoms with Crippen LogP contribution in [0.4, 0.5) is 0 Å². The summed E-state index contributed by atoms with van der Waals surface area (Å²) in [5.41, 5.74) is 3.90. The molecule has 1 aromatic carbocycles. The Labute approximate surface area is 204 Å². The summed E-state index contributed by atoms with van der Waals surface area (Å²) in [6.07, 6.45) is 3.10. The second kappa shape index (κ2) is 8.86. The molecule has 0 aliphatic carbocycles. The normalized spacial score (nSPS) is 15.0. The number of aromatic nitrogens is 3. The third-order valence-corrected chi connectivity index (χ3v) is 8.49. The minimum Gasteiger partial charge on any atom is -0.497 e. The number of ether oxygens (including phenoxy) is 1. The molecule has 0 atom stereocenters. The summed E-state index contributed by atoms with van der Waals surface area (Å²) >= 11 is 0. The van der Waals surface area contributed by atoms with E-state index in [1.165, 1.54) is 10.5 Å². The molecular formula is C25H27N5O4S. The van der Waals surface area contributed by atoms with Gasteiger partial charge < -0.3 is 19.2 Å².